The third-order valence-electron chi connectivity index (χ3n) is 2.79. The number of hydrogen-bond acceptors (Lipinski definition) is 5. The van der Waals surface area contributed by atoms with Crippen LogP contribution in [0.1, 0.15) is 0 Å². The number of hydrogen-bond donors (Lipinski definition) is 0. The van der Waals surface area contributed by atoms with Gasteiger partial charge in [-0.15, -0.1) is 0 Å². The first-order chi connectivity index (χ1) is 9.85. The fraction of sp³-hybridized carbons (Fsp3) is 0.400. The lowest BCUT2D eigenvalue weighted by molar-refractivity contribution is 0.132. The monoisotopic (exact) mass is 277 g/mol. The van der Waals surface area contributed by atoms with Crippen LogP contribution in [0.4, 0.5) is 0 Å². The summed E-state index contributed by atoms with van der Waals surface area (Å²) in [6.45, 7) is 2.02. The summed E-state index contributed by atoms with van der Waals surface area (Å²) >= 11 is 0. The summed E-state index contributed by atoms with van der Waals surface area (Å²) in [5.41, 5.74) is 0. The molecule has 0 aliphatic heterocycles. The molecule has 20 heavy (non-hydrogen) atoms. The van der Waals surface area contributed by atoms with Gasteiger partial charge in [0.25, 0.3) is 0 Å². The van der Waals surface area contributed by atoms with Crippen LogP contribution in [0.15, 0.2) is 30.6 Å². The lowest BCUT2D eigenvalue weighted by Gasteiger charge is -2.13. The van der Waals surface area contributed by atoms with Crippen molar-refractivity contribution in [1.29, 1.82) is 0 Å². The van der Waals surface area contributed by atoms with E-state index in [1.54, 1.807) is 26.6 Å². The largest absolute Gasteiger partial charge is 0.487 e. The minimum Gasteiger partial charge on any atom is -0.487 e. The first-order valence-electron chi connectivity index (χ1n) is 6.46. The molecular weight excluding hydrogens is 258 g/mol. The van der Waals surface area contributed by atoms with Gasteiger partial charge in [0.1, 0.15) is 13.2 Å². The van der Waals surface area contributed by atoms with E-state index in [9.17, 15) is 0 Å². The van der Waals surface area contributed by atoms with Crippen LogP contribution in [0.5, 0.6) is 11.5 Å². The third kappa shape index (κ3) is 3.82. The Balaban J connectivity index is 2.21. The van der Waals surface area contributed by atoms with E-state index in [-0.39, 0.29) is 0 Å². The Labute approximate surface area is 118 Å². The Bertz CT molecular complexity index is 496. The number of ether oxygens (including phenoxy) is 4. The molecule has 0 saturated carbocycles. The van der Waals surface area contributed by atoms with E-state index in [2.05, 4.69) is 4.98 Å². The van der Waals surface area contributed by atoms with E-state index in [0.29, 0.717) is 37.9 Å². The van der Waals surface area contributed by atoms with Crippen LogP contribution in [0.3, 0.4) is 0 Å². The standard InChI is InChI=1S/C15H19NO4/c1-17-5-7-19-14-9-12-3-4-16-11-13(12)10-15(14)20-8-6-18-2/h3-4,9-11H,5-8H2,1-2H3. The summed E-state index contributed by atoms with van der Waals surface area (Å²) in [5.74, 6) is 1.40. The van der Waals surface area contributed by atoms with E-state index in [1.807, 2.05) is 18.2 Å². The van der Waals surface area contributed by atoms with Gasteiger partial charge in [-0.05, 0) is 23.6 Å². The molecule has 0 amide bonds. The molecule has 1 aromatic carbocycles. The van der Waals surface area contributed by atoms with Gasteiger partial charge in [0, 0.05) is 32.0 Å². The van der Waals surface area contributed by atoms with Crippen molar-refractivity contribution in [3.05, 3.63) is 30.6 Å². The Morgan fingerprint density at radius 3 is 2.05 bits per heavy atom. The van der Waals surface area contributed by atoms with Gasteiger partial charge in [-0.25, -0.2) is 0 Å². The first kappa shape index (κ1) is 14.6. The second-order valence-corrected chi connectivity index (χ2v) is 4.20. The van der Waals surface area contributed by atoms with Gasteiger partial charge < -0.3 is 18.9 Å². The molecular formula is C15H19NO4. The van der Waals surface area contributed by atoms with Crippen LogP contribution >= 0.6 is 0 Å². The van der Waals surface area contributed by atoms with Gasteiger partial charge in [-0.2, -0.15) is 0 Å². The lowest BCUT2D eigenvalue weighted by atomic mass is 10.1. The van der Waals surface area contributed by atoms with Gasteiger partial charge >= 0.3 is 0 Å². The van der Waals surface area contributed by atoms with E-state index in [4.69, 9.17) is 18.9 Å². The molecule has 0 unspecified atom stereocenters. The second-order valence-electron chi connectivity index (χ2n) is 4.20. The van der Waals surface area contributed by atoms with Gasteiger partial charge in [0.2, 0.25) is 0 Å². The van der Waals surface area contributed by atoms with E-state index < -0.39 is 0 Å². The fourth-order valence-corrected chi connectivity index (χ4v) is 1.79. The summed E-state index contributed by atoms with van der Waals surface area (Å²) in [6, 6.07) is 5.83. The average Bonchev–Trinajstić information content (AvgIpc) is 2.48. The maximum absolute atomic E-state index is 5.71. The maximum atomic E-state index is 5.71. The Hall–Kier alpha value is -1.85. The van der Waals surface area contributed by atoms with E-state index in [0.717, 1.165) is 10.8 Å². The Morgan fingerprint density at radius 1 is 0.850 bits per heavy atom. The number of nitrogens with zero attached hydrogens (tertiary/aromatic N) is 1. The molecule has 0 radical (unpaired) electrons. The fourth-order valence-electron chi connectivity index (χ4n) is 1.79. The van der Waals surface area contributed by atoms with E-state index in [1.165, 1.54) is 0 Å². The highest BCUT2D eigenvalue weighted by atomic mass is 16.5. The molecule has 5 heteroatoms. The van der Waals surface area contributed by atoms with Crippen molar-refractivity contribution in [2.45, 2.75) is 0 Å². The van der Waals surface area contributed by atoms with Gasteiger partial charge in [-0.1, -0.05) is 0 Å². The maximum Gasteiger partial charge on any atom is 0.161 e. The van der Waals surface area contributed by atoms with Crippen LogP contribution in [-0.2, 0) is 9.47 Å². The summed E-state index contributed by atoms with van der Waals surface area (Å²) in [7, 11) is 3.29. The Morgan fingerprint density at radius 2 is 1.45 bits per heavy atom. The summed E-state index contributed by atoms with van der Waals surface area (Å²) in [4.78, 5) is 4.11. The number of benzene rings is 1. The van der Waals surface area contributed by atoms with Crippen molar-refractivity contribution < 1.29 is 18.9 Å². The molecule has 0 N–H and O–H groups in total. The lowest BCUT2D eigenvalue weighted by Crippen LogP contribution is -2.08. The van der Waals surface area contributed by atoms with Crippen LogP contribution in [0, 0.1) is 0 Å². The molecule has 0 atom stereocenters. The van der Waals surface area contributed by atoms with Gasteiger partial charge in [-0.3, -0.25) is 4.98 Å². The van der Waals surface area contributed by atoms with Gasteiger partial charge in [0.05, 0.1) is 13.2 Å². The van der Waals surface area contributed by atoms with E-state index >= 15 is 0 Å². The van der Waals surface area contributed by atoms with Crippen molar-refractivity contribution in [3.8, 4) is 11.5 Å². The number of rotatable bonds is 8. The minimum absolute atomic E-state index is 0.475. The van der Waals surface area contributed by atoms with Crippen molar-refractivity contribution in [2.75, 3.05) is 40.6 Å². The van der Waals surface area contributed by atoms with Crippen molar-refractivity contribution in [2.24, 2.45) is 0 Å². The molecule has 0 fully saturated rings. The van der Waals surface area contributed by atoms with Crippen LogP contribution in [0.2, 0.25) is 0 Å². The number of methoxy groups -OCH3 is 2. The zero-order valence-corrected chi connectivity index (χ0v) is 11.8. The highest BCUT2D eigenvalue weighted by Crippen LogP contribution is 2.32. The SMILES string of the molecule is COCCOc1cc2ccncc2cc1OCCOC. The molecule has 0 aliphatic carbocycles. The topological polar surface area (TPSA) is 49.8 Å². The van der Waals surface area contributed by atoms with Gasteiger partial charge in [0.15, 0.2) is 11.5 Å². The average molecular weight is 277 g/mol. The zero-order valence-electron chi connectivity index (χ0n) is 11.8. The highest BCUT2D eigenvalue weighted by Gasteiger charge is 2.08. The molecule has 2 rings (SSSR count). The van der Waals surface area contributed by atoms with Crippen LogP contribution in [-0.4, -0.2) is 45.6 Å². The smallest absolute Gasteiger partial charge is 0.161 e. The summed E-state index contributed by atoms with van der Waals surface area (Å²) in [5, 5.41) is 2.07. The normalized spacial score (nSPS) is 10.7. The first-order valence-corrected chi connectivity index (χ1v) is 6.46. The highest BCUT2D eigenvalue weighted by molar-refractivity contribution is 5.85. The molecule has 0 aliphatic rings. The quantitative estimate of drug-likeness (QED) is 0.693. The molecule has 5 nitrogen and oxygen atoms in total. The molecule has 0 spiro atoms. The van der Waals surface area contributed by atoms with Crippen molar-refractivity contribution in [3.63, 3.8) is 0 Å². The van der Waals surface area contributed by atoms with Crippen LogP contribution in [0.25, 0.3) is 10.8 Å². The molecule has 1 heterocycles. The molecule has 2 aromatic rings. The summed E-state index contributed by atoms with van der Waals surface area (Å²) in [6.07, 6.45) is 3.56. The predicted molar refractivity (Wildman–Crippen MR) is 76.5 cm³/mol. The predicted octanol–water partition coefficient (Wildman–Crippen LogP) is 2.29. The molecule has 1 aromatic heterocycles. The van der Waals surface area contributed by atoms with Crippen molar-refractivity contribution in [1.82, 2.24) is 4.98 Å². The Kier molecular flexibility index (Phi) is 5.58. The number of fused-ring (bicyclic) bond motifs is 1. The molecule has 0 saturated heterocycles. The molecule has 108 valence electrons. The van der Waals surface area contributed by atoms with Crippen molar-refractivity contribution >= 4 is 10.8 Å². The number of pyridine rings is 1. The summed E-state index contributed by atoms with van der Waals surface area (Å²) < 4.78 is 21.4. The molecule has 0 bridgehead atoms. The minimum atomic E-state index is 0.475. The third-order valence-corrected chi connectivity index (χ3v) is 2.79. The zero-order chi connectivity index (χ0) is 14.2. The number of aromatic nitrogens is 1. The second kappa shape index (κ2) is 7.67. The van der Waals surface area contributed by atoms with Crippen LogP contribution < -0.4 is 9.47 Å².